The van der Waals surface area contributed by atoms with Crippen molar-refractivity contribution < 1.29 is 23.6 Å². The molecule has 0 unspecified atom stereocenters. The van der Waals surface area contributed by atoms with E-state index in [1.165, 1.54) is 42.6 Å². The maximum Gasteiger partial charge on any atom is 0.343 e. The number of H-pyrrole nitrogens is 1. The molecule has 0 aliphatic rings. The van der Waals surface area contributed by atoms with Crippen molar-refractivity contribution in [1.29, 1.82) is 0 Å². The smallest absolute Gasteiger partial charge is 0.343 e. The monoisotopic (exact) mass is 556 g/mol. The van der Waals surface area contributed by atoms with E-state index < -0.39 is 22.6 Å². The Bertz CT molecular complexity index is 1800. The number of nitrogens with one attached hydrogen (secondary N) is 2. The molecule has 2 N–H and O–H groups in total. The van der Waals surface area contributed by atoms with Gasteiger partial charge < -0.3 is 9.72 Å². The predicted molar refractivity (Wildman–Crippen MR) is 148 cm³/mol. The van der Waals surface area contributed by atoms with Crippen LogP contribution in [0.2, 0.25) is 5.02 Å². The summed E-state index contributed by atoms with van der Waals surface area (Å²) >= 11 is 6.40. The molecule has 4 aromatic carbocycles. The summed E-state index contributed by atoms with van der Waals surface area (Å²) in [5.41, 5.74) is 3.91. The lowest BCUT2D eigenvalue weighted by Crippen LogP contribution is -2.19. The maximum absolute atomic E-state index is 14.6. The molecule has 11 heteroatoms. The van der Waals surface area contributed by atoms with Gasteiger partial charge in [0.1, 0.15) is 17.3 Å². The van der Waals surface area contributed by atoms with Gasteiger partial charge in [0.2, 0.25) is 0 Å². The Morgan fingerprint density at radius 2 is 1.70 bits per heavy atom. The van der Waals surface area contributed by atoms with Crippen molar-refractivity contribution in [2.75, 3.05) is 0 Å². The molecule has 0 saturated heterocycles. The van der Waals surface area contributed by atoms with E-state index in [0.29, 0.717) is 27.1 Å². The summed E-state index contributed by atoms with van der Waals surface area (Å²) in [5, 5.41) is 15.7. The number of carbonyl (C=O) groups excluding carboxylic acids is 2. The molecule has 0 bridgehead atoms. The van der Waals surface area contributed by atoms with Gasteiger partial charge in [-0.3, -0.25) is 14.9 Å². The van der Waals surface area contributed by atoms with Crippen LogP contribution in [0.4, 0.5) is 10.1 Å². The highest BCUT2D eigenvalue weighted by Gasteiger charge is 2.22. The van der Waals surface area contributed by atoms with Crippen LogP contribution in [0.25, 0.3) is 22.0 Å². The number of para-hydroxylation sites is 2. The molecule has 1 heterocycles. The summed E-state index contributed by atoms with van der Waals surface area (Å²) in [7, 11) is 0. The van der Waals surface area contributed by atoms with Gasteiger partial charge in [0, 0.05) is 39.2 Å². The molecule has 1 amide bonds. The van der Waals surface area contributed by atoms with Gasteiger partial charge in [0.25, 0.3) is 11.6 Å². The van der Waals surface area contributed by atoms with Crippen LogP contribution in [-0.4, -0.2) is 28.0 Å². The van der Waals surface area contributed by atoms with Crippen LogP contribution in [0.3, 0.4) is 0 Å². The first-order valence-electron chi connectivity index (χ1n) is 11.8. The van der Waals surface area contributed by atoms with Crippen molar-refractivity contribution >= 4 is 46.3 Å². The number of benzene rings is 4. The number of esters is 1. The second-order valence-electron chi connectivity index (χ2n) is 8.45. The summed E-state index contributed by atoms with van der Waals surface area (Å²) in [4.78, 5) is 38.9. The molecule has 40 heavy (non-hydrogen) atoms. The van der Waals surface area contributed by atoms with E-state index in [-0.39, 0.29) is 28.2 Å². The minimum absolute atomic E-state index is 0.0585. The first-order chi connectivity index (χ1) is 19.3. The van der Waals surface area contributed by atoms with E-state index in [1.807, 2.05) is 0 Å². The molecule has 0 atom stereocenters. The van der Waals surface area contributed by atoms with Crippen molar-refractivity contribution in [3.63, 3.8) is 0 Å². The largest absolute Gasteiger partial charge is 0.422 e. The van der Waals surface area contributed by atoms with Gasteiger partial charge in [-0.2, -0.15) is 5.10 Å². The molecule has 0 aliphatic heterocycles. The molecule has 0 saturated carbocycles. The Kier molecular flexibility index (Phi) is 7.34. The van der Waals surface area contributed by atoms with Crippen molar-refractivity contribution in [3.8, 4) is 16.9 Å². The second-order valence-corrected chi connectivity index (χ2v) is 8.85. The van der Waals surface area contributed by atoms with E-state index in [2.05, 4.69) is 15.5 Å². The van der Waals surface area contributed by atoms with Crippen LogP contribution < -0.4 is 10.2 Å². The third-order valence-corrected chi connectivity index (χ3v) is 6.29. The lowest BCUT2D eigenvalue weighted by Gasteiger charge is -2.08. The number of hydrazone groups is 1. The molecule has 5 rings (SSSR count). The highest BCUT2D eigenvalue weighted by molar-refractivity contribution is 6.34. The van der Waals surface area contributed by atoms with Crippen molar-refractivity contribution in [2.45, 2.75) is 0 Å². The SMILES string of the molecule is O=C(Oc1ccccc1C=NNC(=O)c1[nH]c2c(F)cccc2c1-c1ccccc1Cl)c1ccc([N+](=O)[O-])cc1. The lowest BCUT2D eigenvalue weighted by atomic mass is 10.0. The number of aromatic amines is 1. The van der Waals surface area contributed by atoms with Crippen LogP contribution in [0.1, 0.15) is 26.4 Å². The minimum Gasteiger partial charge on any atom is -0.422 e. The van der Waals surface area contributed by atoms with E-state index in [4.69, 9.17) is 16.3 Å². The number of rotatable bonds is 7. The summed E-state index contributed by atoms with van der Waals surface area (Å²) in [6.07, 6.45) is 1.29. The van der Waals surface area contributed by atoms with Gasteiger partial charge in [-0.25, -0.2) is 14.6 Å². The zero-order valence-electron chi connectivity index (χ0n) is 20.4. The number of amides is 1. The molecular formula is C29H18ClFN4O5. The Hall–Kier alpha value is -5.35. The first-order valence-corrected chi connectivity index (χ1v) is 12.2. The van der Waals surface area contributed by atoms with Gasteiger partial charge >= 0.3 is 5.97 Å². The predicted octanol–water partition coefficient (Wildman–Crippen LogP) is 6.52. The number of ether oxygens (including phenoxy) is 1. The van der Waals surface area contributed by atoms with Crippen LogP contribution in [0.5, 0.6) is 5.75 Å². The average molecular weight is 557 g/mol. The molecule has 0 aliphatic carbocycles. The maximum atomic E-state index is 14.6. The number of aromatic nitrogens is 1. The van der Waals surface area contributed by atoms with E-state index >= 15 is 0 Å². The fourth-order valence-electron chi connectivity index (χ4n) is 4.07. The van der Waals surface area contributed by atoms with E-state index in [9.17, 15) is 24.1 Å². The molecule has 0 radical (unpaired) electrons. The van der Waals surface area contributed by atoms with Crippen molar-refractivity contribution in [2.24, 2.45) is 5.10 Å². The molecule has 9 nitrogen and oxygen atoms in total. The Morgan fingerprint density at radius 3 is 2.45 bits per heavy atom. The second kappa shape index (κ2) is 11.2. The summed E-state index contributed by atoms with van der Waals surface area (Å²) in [6, 6.07) is 22.9. The van der Waals surface area contributed by atoms with Gasteiger partial charge in [0.15, 0.2) is 0 Å². The van der Waals surface area contributed by atoms with Crippen molar-refractivity contribution in [1.82, 2.24) is 10.4 Å². The highest BCUT2D eigenvalue weighted by Crippen LogP contribution is 2.37. The molecular weight excluding hydrogens is 539 g/mol. The highest BCUT2D eigenvalue weighted by atomic mass is 35.5. The first kappa shape index (κ1) is 26.3. The minimum atomic E-state index is -0.732. The van der Waals surface area contributed by atoms with Gasteiger partial charge in [-0.1, -0.05) is 54.1 Å². The van der Waals surface area contributed by atoms with E-state index in [1.54, 1.807) is 54.6 Å². The van der Waals surface area contributed by atoms with Crippen LogP contribution in [0, 0.1) is 15.9 Å². The third kappa shape index (κ3) is 5.29. The molecule has 198 valence electrons. The molecule has 0 fully saturated rings. The fraction of sp³-hybridized carbons (Fsp3) is 0. The third-order valence-electron chi connectivity index (χ3n) is 5.96. The molecule has 1 aromatic heterocycles. The number of non-ortho nitro benzene ring substituents is 1. The summed E-state index contributed by atoms with van der Waals surface area (Å²) in [6.45, 7) is 0. The Labute approximate surface area is 231 Å². The zero-order valence-corrected chi connectivity index (χ0v) is 21.2. The van der Waals surface area contributed by atoms with Gasteiger partial charge in [-0.15, -0.1) is 0 Å². The van der Waals surface area contributed by atoms with Gasteiger partial charge in [-0.05, 0) is 36.4 Å². The van der Waals surface area contributed by atoms with E-state index in [0.717, 1.165) is 0 Å². The van der Waals surface area contributed by atoms with Crippen LogP contribution in [-0.2, 0) is 0 Å². The Morgan fingerprint density at radius 1 is 0.975 bits per heavy atom. The number of fused-ring (bicyclic) bond motifs is 1. The number of halogens is 2. The topological polar surface area (TPSA) is 127 Å². The van der Waals surface area contributed by atoms with Crippen LogP contribution in [0.15, 0.2) is 96.1 Å². The van der Waals surface area contributed by atoms with Crippen LogP contribution >= 0.6 is 11.6 Å². The number of nitro benzene ring substituents is 1. The normalized spacial score (nSPS) is 11.1. The number of hydrogen-bond donors (Lipinski definition) is 2. The number of nitro groups is 1. The number of nitrogens with zero attached hydrogens (tertiary/aromatic N) is 2. The zero-order chi connectivity index (χ0) is 28.2. The van der Waals surface area contributed by atoms with Crippen molar-refractivity contribution in [3.05, 3.63) is 129 Å². The number of hydrogen-bond acceptors (Lipinski definition) is 6. The molecule has 0 spiro atoms. The molecule has 5 aromatic rings. The standard InChI is InChI=1S/C29H18ClFN4O5/c30-22-9-3-2-7-20(22)25-21-8-5-10-23(31)26(21)33-27(25)28(36)34-32-16-18-6-1-4-11-24(18)40-29(37)17-12-14-19(15-13-17)35(38)39/h1-16,33H,(H,34,36). The summed E-state index contributed by atoms with van der Waals surface area (Å²) < 4.78 is 20.0. The Balaban J connectivity index is 1.39. The lowest BCUT2D eigenvalue weighted by molar-refractivity contribution is -0.384. The quantitative estimate of drug-likeness (QED) is 0.0775. The van der Waals surface area contributed by atoms with Gasteiger partial charge in [0.05, 0.1) is 22.2 Å². The number of carbonyl (C=O) groups is 2. The fourth-order valence-corrected chi connectivity index (χ4v) is 4.30. The average Bonchev–Trinajstić information content (AvgIpc) is 3.35. The summed E-state index contributed by atoms with van der Waals surface area (Å²) in [5.74, 6) is -1.77.